The second-order valence-corrected chi connectivity index (χ2v) is 4.02. The Hall–Kier alpha value is -1.88. The molecule has 98 valence electrons. The van der Waals surface area contributed by atoms with Crippen LogP contribution in [0.2, 0.25) is 0 Å². The van der Waals surface area contributed by atoms with Gasteiger partial charge in [0.15, 0.2) is 0 Å². The van der Waals surface area contributed by atoms with Crippen molar-refractivity contribution in [1.29, 1.82) is 0 Å². The standard InChI is InChI=1S/C13H19N3O2/c1-15-12(17)9-16-13(18)11(14)8-7-10-5-3-2-4-6-10/h2-6,11H,7-9,14H2,1H3,(H,15,17)(H,16,18)/t11-/m0/s1. The lowest BCUT2D eigenvalue weighted by Gasteiger charge is -2.11. The Labute approximate surface area is 107 Å². The van der Waals surface area contributed by atoms with E-state index in [1.54, 1.807) is 0 Å². The molecule has 0 heterocycles. The number of rotatable bonds is 6. The summed E-state index contributed by atoms with van der Waals surface area (Å²) >= 11 is 0. The zero-order valence-electron chi connectivity index (χ0n) is 10.5. The van der Waals surface area contributed by atoms with Crippen LogP contribution in [0.5, 0.6) is 0 Å². The average Bonchev–Trinajstić information content (AvgIpc) is 2.42. The summed E-state index contributed by atoms with van der Waals surface area (Å²) in [6, 6.07) is 9.25. The van der Waals surface area contributed by atoms with Crippen LogP contribution in [-0.4, -0.2) is 31.4 Å². The highest BCUT2D eigenvalue weighted by atomic mass is 16.2. The summed E-state index contributed by atoms with van der Waals surface area (Å²) in [5, 5.41) is 4.92. The summed E-state index contributed by atoms with van der Waals surface area (Å²) in [5.74, 6) is -0.534. The molecular formula is C13H19N3O2. The van der Waals surface area contributed by atoms with Crippen LogP contribution < -0.4 is 16.4 Å². The Bertz CT molecular complexity index is 392. The van der Waals surface area contributed by atoms with Crippen LogP contribution >= 0.6 is 0 Å². The molecule has 0 bridgehead atoms. The maximum atomic E-state index is 11.6. The second-order valence-electron chi connectivity index (χ2n) is 4.02. The molecule has 1 atom stereocenters. The summed E-state index contributed by atoms with van der Waals surface area (Å²) in [4.78, 5) is 22.5. The maximum Gasteiger partial charge on any atom is 0.239 e. The van der Waals surface area contributed by atoms with Crippen LogP contribution in [0.1, 0.15) is 12.0 Å². The summed E-state index contributed by atoms with van der Waals surface area (Å²) in [5.41, 5.74) is 6.89. The Morgan fingerprint density at radius 3 is 2.56 bits per heavy atom. The minimum atomic E-state index is -0.588. The smallest absolute Gasteiger partial charge is 0.239 e. The number of amides is 2. The van der Waals surface area contributed by atoms with Crippen LogP contribution in [0.15, 0.2) is 30.3 Å². The molecule has 0 aromatic heterocycles. The predicted molar refractivity (Wildman–Crippen MR) is 69.8 cm³/mol. The van der Waals surface area contributed by atoms with E-state index in [4.69, 9.17) is 5.73 Å². The van der Waals surface area contributed by atoms with Crippen molar-refractivity contribution >= 4 is 11.8 Å². The van der Waals surface area contributed by atoms with Gasteiger partial charge in [-0.2, -0.15) is 0 Å². The number of hydrogen-bond acceptors (Lipinski definition) is 3. The van der Waals surface area contributed by atoms with E-state index in [9.17, 15) is 9.59 Å². The van der Waals surface area contributed by atoms with Crippen LogP contribution in [-0.2, 0) is 16.0 Å². The summed E-state index contributed by atoms with van der Waals surface area (Å²) in [6.07, 6.45) is 1.30. The van der Waals surface area contributed by atoms with E-state index in [0.717, 1.165) is 12.0 Å². The largest absolute Gasteiger partial charge is 0.358 e. The molecule has 5 heteroatoms. The van der Waals surface area contributed by atoms with Gasteiger partial charge in [0, 0.05) is 7.05 Å². The Kier molecular flexibility index (Phi) is 5.87. The van der Waals surface area contributed by atoms with E-state index < -0.39 is 6.04 Å². The molecule has 18 heavy (non-hydrogen) atoms. The first-order valence-corrected chi connectivity index (χ1v) is 5.91. The van der Waals surface area contributed by atoms with Gasteiger partial charge in [0.2, 0.25) is 11.8 Å². The first-order chi connectivity index (χ1) is 8.63. The van der Waals surface area contributed by atoms with Crippen LogP contribution in [0.3, 0.4) is 0 Å². The molecule has 0 aliphatic carbocycles. The molecule has 0 spiro atoms. The number of nitrogens with two attached hydrogens (primary N) is 1. The van der Waals surface area contributed by atoms with E-state index in [2.05, 4.69) is 10.6 Å². The summed E-state index contributed by atoms with van der Waals surface area (Å²) in [7, 11) is 1.52. The first kappa shape index (κ1) is 14.2. The molecule has 2 amide bonds. The van der Waals surface area contributed by atoms with E-state index >= 15 is 0 Å². The molecule has 4 N–H and O–H groups in total. The lowest BCUT2D eigenvalue weighted by atomic mass is 10.1. The highest BCUT2D eigenvalue weighted by Crippen LogP contribution is 2.03. The van der Waals surface area contributed by atoms with Gasteiger partial charge in [0.25, 0.3) is 0 Å². The molecule has 0 aliphatic heterocycles. The van der Waals surface area contributed by atoms with Crippen LogP contribution in [0, 0.1) is 0 Å². The van der Waals surface area contributed by atoms with Crippen molar-refractivity contribution in [3.8, 4) is 0 Å². The fourth-order valence-corrected chi connectivity index (χ4v) is 1.48. The Balaban J connectivity index is 2.30. The third-order valence-electron chi connectivity index (χ3n) is 2.63. The molecule has 0 radical (unpaired) electrons. The summed E-state index contributed by atoms with van der Waals surface area (Å²) in [6.45, 7) is -0.0334. The molecule has 0 aliphatic rings. The van der Waals surface area contributed by atoms with Crippen molar-refractivity contribution in [2.24, 2.45) is 5.73 Å². The van der Waals surface area contributed by atoms with Crippen molar-refractivity contribution < 1.29 is 9.59 Å². The number of aryl methyl sites for hydroxylation is 1. The topological polar surface area (TPSA) is 84.2 Å². The van der Waals surface area contributed by atoms with Crippen LogP contribution in [0.4, 0.5) is 0 Å². The first-order valence-electron chi connectivity index (χ1n) is 5.91. The molecule has 0 unspecified atom stereocenters. The van der Waals surface area contributed by atoms with E-state index in [1.165, 1.54) is 7.05 Å². The summed E-state index contributed by atoms with van der Waals surface area (Å²) < 4.78 is 0. The lowest BCUT2D eigenvalue weighted by Crippen LogP contribution is -2.44. The highest BCUT2D eigenvalue weighted by molar-refractivity contribution is 5.87. The van der Waals surface area contributed by atoms with Gasteiger partial charge in [-0.25, -0.2) is 0 Å². The van der Waals surface area contributed by atoms with Gasteiger partial charge in [0.1, 0.15) is 0 Å². The maximum absolute atomic E-state index is 11.6. The number of carbonyl (C=O) groups is 2. The van der Waals surface area contributed by atoms with Gasteiger partial charge in [-0.15, -0.1) is 0 Å². The Morgan fingerprint density at radius 2 is 1.94 bits per heavy atom. The quantitative estimate of drug-likeness (QED) is 0.653. The van der Waals surface area contributed by atoms with Gasteiger partial charge in [-0.05, 0) is 18.4 Å². The van der Waals surface area contributed by atoms with Gasteiger partial charge in [-0.1, -0.05) is 30.3 Å². The fourth-order valence-electron chi connectivity index (χ4n) is 1.48. The molecule has 0 saturated carbocycles. The van der Waals surface area contributed by atoms with Crippen molar-refractivity contribution in [2.75, 3.05) is 13.6 Å². The Morgan fingerprint density at radius 1 is 1.28 bits per heavy atom. The zero-order valence-corrected chi connectivity index (χ0v) is 10.5. The fraction of sp³-hybridized carbons (Fsp3) is 0.385. The normalized spacial score (nSPS) is 11.7. The van der Waals surface area contributed by atoms with Crippen LogP contribution in [0.25, 0.3) is 0 Å². The lowest BCUT2D eigenvalue weighted by molar-refractivity contribution is -0.126. The highest BCUT2D eigenvalue weighted by Gasteiger charge is 2.13. The van der Waals surface area contributed by atoms with Crippen molar-refractivity contribution in [2.45, 2.75) is 18.9 Å². The SMILES string of the molecule is CNC(=O)CNC(=O)[C@@H](N)CCc1ccccc1. The molecular weight excluding hydrogens is 230 g/mol. The third kappa shape index (κ3) is 4.97. The average molecular weight is 249 g/mol. The third-order valence-corrected chi connectivity index (χ3v) is 2.63. The van der Waals surface area contributed by atoms with Crippen molar-refractivity contribution in [3.05, 3.63) is 35.9 Å². The predicted octanol–water partition coefficient (Wildman–Crippen LogP) is -0.191. The van der Waals surface area contributed by atoms with Gasteiger partial charge in [-0.3, -0.25) is 9.59 Å². The zero-order chi connectivity index (χ0) is 13.4. The van der Waals surface area contributed by atoms with Gasteiger partial charge < -0.3 is 16.4 Å². The van der Waals surface area contributed by atoms with Crippen molar-refractivity contribution in [3.63, 3.8) is 0 Å². The minimum absolute atomic E-state index is 0.0334. The molecule has 0 fully saturated rings. The number of carbonyl (C=O) groups excluding carboxylic acids is 2. The molecule has 1 aromatic carbocycles. The van der Waals surface area contributed by atoms with E-state index in [1.807, 2.05) is 30.3 Å². The van der Waals surface area contributed by atoms with Crippen molar-refractivity contribution in [1.82, 2.24) is 10.6 Å². The second kappa shape index (κ2) is 7.45. The molecule has 5 nitrogen and oxygen atoms in total. The molecule has 0 saturated heterocycles. The van der Waals surface area contributed by atoms with Gasteiger partial charge >= 0.3 is 0 Å². The van der Waals surface area contributed by atoms with E-state index in [-0.39, 0.29) is 18.4 Å². The minimum Gasteiger partial charge on any atom is -0.358 e. The number of hydrogen-bond donors (Lipinski definition) is 3. The molecule has 1 aromatic rings. The number of likely N-dealkylation sites (N-methyl/N-ethyl adjacent to an activating group) is 1. The van der Waals surface area contributed by atoms with E-state index in [0.29, 0.717) is 6.42 Å². The number of benzene rings is 1. The molecule has 1 rings (SSSR count). The monoisotopic (exact) mass is 249 g/mol. The number of nitrogens with one attached hydrogen (secondary N) is 2. The van der Waals surface area contributed by atoms with Gasteiger partial charge in [0.05, 0.1) is 12.6 Å².